The van der Waals surface area contributed by atoms with Crippen molar-refractivity contribution in [2.24, 2.45) is 0 Å². The van der Waals surface area contributed by atoms with Gasteiger partial charge in [0.15, 0.2) is 5.65 Å². The van der Waals surface area contributed by atoms with Gasteiger partial charge < -0.3 is 4.74 Å². The number of ether oxygens (including phenoxy) is 1. The topological polar surface area (TPSA) is 110 Å². The fourth-order valence-electron chi connectivity index (χ4n) is 2.88. The third-order valence-electron chi connectivity index (χ3n) is 4.31. The van der Waals surface area contributed by atoms with Crippen LogP contribution < -0.4 is 9.46 Å². The Morgan fingerprint density at radius 3 is 2.39 bits per heavy atom. The molecule has 0 atom stereocenters. The zero-order chi connectivity index (χ0) is 19.7. The van der Waals surface area contributed by atoms with E-state index in [1.807, 2.05) is 6.92 Å². The summed E-state index contributed by atoms with van der Waals surface area (Å²) in [6, 6.07) is 13.2. The number of aromatic nitrogens is 4. The van der Waals surface area contributed by atoms with Crippen molar-refractivity contribution in [3.63, 3.8) is 0 Å². The van der Waals surface area contributed by atoms with Gasteiger partial charge in [0.05, 0.1) is 23.1 Å². The van der Waals surface area contributed by atoms with Crippen molar-refractivity contribution in [2.75, 3.05) is 11.8 Å². The van der Waals surface area contributed by atoms with Crippen LogP contribution >= 0.6 is 0 Å². The van der Waals surface area contributed by atoms with Crippen LogP contribution in [0.2, 0.25) is 0 Å². The lowest BCUT2D eigenvalue weighted by molar-refractivity contribution is 0.414. The van der Waals surface area contributed by atoms with E-state index < -0.39 is 10.0 Å². The second-order valence-corrected chi connectivity index (χ2v) is 7.81. The molecule has 2 aromatic heterocycles. The van der Waals surface area contributed by atoms with Gasteiger partial charge in [-0.1, -0.05) is 12.1 Å². The minimum Gasteiger partial charge on any atom is -0.497 e. The molecule has 2 N–H and O–H groups in total. The van der Waals surface area contributed by atoms with E-state index in [0.717, 1.165) is 22.3 Å². The van der Waals surface area contributed by atoms with E-state index in [2.05, 4.69) is 24.9 Å². The first kappa shape index (κ1) is 17.9. The fraction of sp³-hybridized carbons (Fsp3) is 0.105. The number of hydrogen-bond donors (Lipinski definition) is 2. The Hall–Kier alpha value is -3.46. The highest BCUT2D eigenvalue weighted by Gasteiger charge is 2.15. The number of aromatic amines is 1. The summed E-state index contributed by atoms with van der Waals surface area (Å²) < 4.78 is 32.7. The van der Waals surface area contributed by atoms with E-state index in [9.17, 15) is 8.42 Å². The molecule has 0 spiro atoms. The van der Waals surface area contributed by atoms with E-state index in [1.165, 1.54) is 25.6 Å². The van der Waals surface area contributed by atoms with Crippen molar-refractivity contribution < 1.29 is 13.2 Å². The van der Waals surface area contributed by atoms with Crippen molar-refractivity contribution in [1.82, 2.24) is 20.2 Å². The van der Waals surface area contributed by atoms with Gasteiger partial charge in [-0.15, -0.1) is 0 Å². The van der Waals surface area contributed by atoms with Crippen LogP contribution in [0, 0.1) is 6.92 Å². The number of nitrogens with one attached hydrogen (secondary N) is 2. The van der Waals surface area contributed by atoms with Gasteiger partial charge in [-0.2, -0.15) is 5.10 Å². The van der Waals surface area contributed by atoms with Gasteiger partial charge in [0.25, 0.3) is 10.0 Å². The smallest absolute Gasteiger partial charge is 0.261 e. The van der Waals surface area contributed by atoms with E-state index in [4.69, 9.17) is 4.74 Å². The number of H-pyrrole nitrogens is 1. The summed E-state index contributed by atoms with van der Waals surface area (Å²) >= 11 is 0. The van der Waals surface area contributed by atoms with Crippen molar-refractivity contribution in [3.05, 3.63) is 60.6 Å². The van der Waals surface area contributed by atoms with E-state index in [1.54, 1.807) is 36.4 Å². The van der Waals surface area contributed by atoms with Gasteiger partial charge in [-0.05, 0) is 43.3 Å². The van der Waals surface area contributed by atoms with Crippen molar-refractivity contribution in [1.29, 1.82) is 0 Å². The molecule has 8 nitrogen and oxygen atoms in total. The number of nitrogens with zero attached hydrogens (tertiary/aromatic N) is 3. The zero-order valence-electron chi connectivity index (χ0n) is 15.2. The number of rotatable bonds is 5. The molecule has 142 valence electrons. The lowest BCUT2D eigenvalue weighted by Crippen LogP contribution is -2.12. The molecule has 0 radical (unpaired) electrons. The maximum Gasteiger partial charge on any atom is 0.261 e. The molecule has 0 aliphatic carbocycles. The molecular weight excluding hydrogens is 378 g/mol. The number of aryl methyl sites for hydroxylation is 1. The molecule has 0 aliphatic rings. The van der Waals surface area contributed by atoms with Crippen LogP contribution in [0.4, 0.5) is 5.69 Å². The number of benzene rings is 2. The first-order chi connectivity index (χ1) is 13.5. The monoisotopic (exact) mass is 395 g/mol. The molecule has 9 heteroatoms. The number of anilines is 1. The van der Waals surface area contributed by atoms with Gasteiger partial charge in [-0.25, -0.2) is 18.4 Å². The molecule has 2 aromatic carbocycles. The van der Waals surface area contributed by atoms with Crippen LogP contribution in [0.25, 0.3) is 22.3 Å². The normalized spacial score (nSPS) is 11.5. The molecule has 0 bridgehead atoms. The first-order valence-electron chi connectivity index (χ1n) is 8.41. The predicted molar refractivity (Wildman–Crippen MR) is 106 cm³/mol. The van der Waals surface area contributed by atoms with Crippen LogP contribution in [0.1, 0.15) is 5.69 Å². The van der Waals surface area contributed by atoms with Gasteiger partial charge in [0.1, 0.15) is 12.1 Å². The van der Waals surface area contributed by atoms with Crippen molar-refractivity contribution in [3.8, 4) is 17.0 Å². The first-order valence-corrected chi connectivity index (χ1v) is 9.89. The van der Waals surface area contributed by atoms with Crippen molar-refractivity contribution >= 4 is 26.7 Å². The summed E-state index contributed by atoms with van der Waals surface area (Å²) in [5.41, 5.74) is 3.49. The van der Waals surface area contributed by atoms with Crippen LogP contribution in [-0.4, -0.2) is 35.7 Å². The molecule has 28 heavy (non-hydrogen) atoms. The van der Waals surface area contributed by atoms with Gasteiger partial charge in [-0.3, -0.25) is 9.82 Å². The van der Waals surface area contributed by atoms with E-state index in [-0.39, 0.29) is 4.90 Å². The molecule has 4 aromatic rings. The van der Waals surface area contributed by atoms with Crippen LogP contribution in [-0.2, 0) is 10.0 Å². The number of methoxy groups -OCH3 is 1. The molecule has 2 heterocycles. The Morgan fingerprint density at radius 1 is 1.00 bits per heavy atom. The largest absolute Gasteiger partial charge is 0.497 e. The number of hydrogen-bond acceptors (Lipinski definition) is 6. The van der Waals surface area contributed by atoms with Gasteiger partial charge in [0, 0.05) is 16.9 Å². The van der Waals surface area contributed by atoms with Crippen LogP contribution in [0.3, 0.4) is 0 Å². The molecule has 0 amide bonds. The lowest BCUT2D eigenvalue weighted by atomic mass is 10.1. The highest BCUT2D eigenvalue weighted by atomic mass is 32.2. The third-order valence-corrected chi connectivity index (χ3v) is 5.71. The average molecular weight is 395 g/mol. The average Bonchev–Trinajstić information content (AvgIpc) is 3.10. The number of fused-ring (bicyclic) bond motifs is 1. The van der Waals surface area contributed by atoms with Crippen molar-refractivity contribution in [2.45, 2.75) is 11.8 Å². The van der Waals surface area contributed by atoms with Gasteiger partial charge >= 0.3 is 0 Å². The summed E-state index contributed by atoms with van der Waals surface area (Å²) in [4.78, 5) is 8.66. The summed E-state index contributed by atoms with van der Waals surface area (Å²) in [6.07, 6.45) is 1.46. The number of sulfonamides is 1. The Kier molecular flexibility index (Phi) is 4.44. The van der Waals surface area contributed by atoms with Crippen LogP contribution in [0.5, 0.6) is 5.75 Å². The maximum atomic E-state index is 12.6. The molecule has 0 saturated carbocycles. The Labute approximate surface area is 161 Å². The highest BCUT2D eigenvalue weighted by molar-refractivity contribution is 7.92. The summed E-state index contributed by atoms with van der Waals surface area (Å²) in [5.74, 6) is 0.592. The molecular formula is C19H17N5O3S. The lowest BCUT2D eigenvalue weighted by Gasteiger charge is -2.10. The summed E-state index contributed by atoms with van der Waals surface area (Å²) in [5, 5.41) is 7.88. The molecule has 4 rings (SSSR count). The van der Waals surface area contributed by atoms with Gasteiger partial charge in [0.2, 0.25) is 0 Å². The van der Waals surface area contributed by atoms with Crippen LogP contribution in [0.15, 0.2) is 59.8 Å². The third kappa shape index (κ3) is 3.27. The molecule has 0 unspecified atom stereocenters. The SMILES string of the molecule is COc1ccc(S(=O)(=O)Nc2ccc(-c3ncnc4n[nH]c(C)c34)cc2)cc1. The quantitative estimate of drug-likeness (QED) is 0.537. The molecule has 0 aliphatic heterocycles. The highest BCUT2D eigenvalue weighted by Crippen LogP contribution is 2.28. The van der Waals surface area contributed by atoms with E-state index in [0.29, 0.717) is 17.1 Å². The Bertz CT molecular complexity index is 1230. The zero-order valence-corrected chi connectivity index (χ0v) is 16.0. The minimum atomic E-state index is -3.69. The second-order valence-electron chi connectivity index (χ2n) is 6.13. The summed E-state index contributed by atoms with van der Waals surface area (Å²) in [7, 11) is -2.17. The molecule has 0 saturated heterocycles. The maximum absolute atomic E-state index is 12.6. The molecule has 0 fully saturated rings. The van der Waals surface area contributed by atoms with E-state index >= 15 is 0 Å². The second kappa shape index (κ2) is 6.93. The minimum absolute atomic E-state index is 0.156. The standard InChI is InChI=1S/C19H17N5O3S/c1-12-17-18(20-11-21-19(17)23-22-12)13-3-5-14(6-4-13)24-28(25,26)16-9-7-15(27-2)8-10-16/h3-11,24H,1-2H3,(H,20,21,22,23). The Morgan fingerprint density at radius 2 is 1.71 bits per heavy atom. The predicted octanol–water partition coefficient (Wildman–Crippen LogP) is 3.14. The summed E-state index contributed by atoms with van der Waals surface area (Å²) in [6.45, 7) is 1.90. The fourth-order valence-corrected chi connectivity index (χ4v) is 3.94. The Balaban J connectivity index is 1.61.